The molecule has 0 saturated carbocycles. The molecule has 3 rings (SSSR count). The average Bonchev–Trinajstić information content (AvgIpc) is 2.57. The van der Waals surface area contributed by atoms with Crippen molar-refractivity contribution in [3.05, 3.63) is 48.8 Å². The maximum atomic E-state index is 5.87. The zero-order chi connectivity index (χ0) is 14.3. The molecule has 2 heterocycles. The van der Waals surface area contributed by atoms with Gasteiger partial charge in [0.1, 0.15) is 12.4 Å². The van der Waals surface area contributed by atoms with Crippen molar-refractivity contribution in [3.63, 3.8) is 0 Å². The number of hydrogen-bond acceptors (Lipinski definition) is 4. The van der Waals surface area contributed by atoms with Gasteiger partial charge in [-0.05, 0) is 23.8 Å². The summed E-state index contributed by atoms with van der Waals surface area (Å²) in [5, 5.41) is 0. The van der Waals surface area contributed by atoms with Crippen molar-refractivity contribution in [2.75, 3.05) is 39.5 Å². The predicted molar refractivity (Wildman–Crippen MR) is 82.4 cm³/mol. The lowest BCUT2D eigenvalue weighted by molar-refractivity contribution is 0.0322. The Bertz CT molecular complexity index is 554. The van der Waals surface area contributed by atoms with Crippen LogP contribution >= 0.6 is 0 Å². The Kier molecular flexibility index (Phi) is 4.82. The summed E-state index contributed by atoms with van der Waals surface area (Å²) in [5.41, 5.74) is 2.24. The van der Waals surface area contributed by atoms with Gasteiger partial charge in [0.2, 0.25) is 0 Å². The number of benzene rings is 1. The first-order chi connectivity index (χ1) is 10.4. The van der Waals surface area contributed by atoms with Crippen molar-refractivity contribution in [2.45, 2.75) is 0 Å². The highest BCUT2D eigenvalue weighted by molar-refractivity contribution is 5.63. The van der Waals surface area contributed by atoms with E-state index in [-0.39, 0.29) is 0 Å². The van der Waals surface area contributed by atoms with Crippen LogP contribution in [-0.4, -0.2) is 49.3 Å². The molecule has 0 radical (unpaired) electrons. The van der Waals surface area contributed by atoms with Crippen molar-refractivity contribution in [1.82, 2.24) is 9.88 Å². The molecule has 4 nitrogen and oxygen atoms in total. The topological polar surface area (TPSA) is 34.6 Å². The molecule has 0 aliphatic carbocycles. The fraction of sp³-hybridized carbons (Fsp3) is 0.353. The second kappa shape index (κ2) is 7.20. The Morgan fingerprint density at radius 1 is 1.10 bits per heavy atom. The third kappa shape index (κ3) is 4.03. The number of nitrogens with zero attached hydrogens (tertiary/aromatic N) is 2. The number of hydrogen-bond donors (Lipinski definition) is 0. The van der Waals surface area contributed by atoms with Crippen molar-refractivity contribution in [1.29, 1.82) is 0 Å². The van der Waals surface area contributed by atoms with Crippen LogP contribution in [-0.2, 0) is 4.74 Å². The molecule has 0 unspecified atom stereocenters. The zero-order valence-electron chi connectivity index (χ0n) is 12.1. The van der Waals surface area contributed by atoms with Crippen molar-refractivity contribution < 1.29 is 9.47 Å². The Balaban J connectivity index is 1.56. The second-order valence-electron chi connectivity index (χ2n) is 5.07. The minimum Gasteiger partial charge on any atom is -0.492 e. The largest absolute Gasteiger partial charge is 0.492 e. The molecule has 110 valence electrons. The lowest BCUT2D eigenvalue weighted by atomic mass is 10.1. The van der Waals surface area contributed by atoms with Gasteiger partial charge in [-0.25, -0.2) is 0 Å². The van der Waals surface area contributed by atoms with E-state index < -0.39 is 0 Å². The molecule has 0 spiro atoms. The monoisotopic (exact) mass is 284 g/mol. The van der Waals surface area contributed by atoms with E-state index in [1.165, 1.54) is 0 Å². The first-order valence-electron chi connectivity index (χ1n) is 7.35. The molecule has 1 aliphatic rings. The van der Waals surface area contributed by atoms with Crippen LogP contribution in [0.2, 0.25) is 0 Å². The van der Waals surface area contributed by atoms with Gasteiger partial charge in [0.25, 0.3) is 0 Å². The van der Waals surface area contributed by atoms with E-state index in [4.69, 9.17) is 9.47 Å². The molecule has 0 N–H and O–H groups in total. The van der Waals surface area contributed by atoms with Gasteiger partial charge in [-0.1, -0.05) is 18.2 Å². The molecule has 4 heteroatoms. The van der Waals surface area contributed by atoms with Crippen LogP contribution < -0.4 is 4.74 Å². The van der Waals surface area contributed by atoms with Crippen LogP contribution in [0, 0.1) is 0 Å². The summed E-state index contributed by atoms with van der Waals surface area (Å²) in [4.78, 5) is 6.52. The smallest absolute Gasteiger partial charge is 0.119 e. The predicted octanol–water partition coefficient (Wildman–Crippen LogP) is 2.46. The van der Waals surface area contributed by atoms with Crippen LogP contribution in [0.15, 0.2) is 48.8 Å². The van der Waals surface area contributed by atoms with Gasteiger partial charge in [0, 0.05) is 37.6 Å². The van der Waals surface area contributed by atoms with Crippen LogP contribution in [0.1, 0.15) is 0 Å². The highest BCUT2D eigenvalue weighted by atomic mass is 16.5. The summed E-state index contributed by atoms with van der Waals surface area (Å²) in [7, 11) is 0. The molecule has 1 aliphatic heterocycles. The standard InChI is InChI=1S/C17H20N2O2/c1-3-15(16-4-2-6-18-14-16)13-17(5-1)21-12-9-19-7-10-20-11-8-19/h1-6,13-14H,7-12H2. The molecule has 0 amide bonds. The molecular formula is C17H20N2O2. The highest BCUT2D eigenvalue weighted by Crippen LogP contribution is 2.22. The summed E-state index contributed by atoms with van der Waals surface area (Å²) >= 11 is 0. The fourth-order valence-corrected chi connectivity index (χ4v) is 2.42. The zero-order valence-corrected chi connectivity index (χ0v) is 12.1. The molecule has 0 atom stereocenters. The minimum atomic E-state index is 0.705. The summed E-state index contributed by atoms with van der Waals surface area (Å²) in [6.45, 7) is 5.31. The third-order valence-corrected chi connectivity index (χ3v) is 3.61. The SMILES string of the molecule is c1cncc(-c2cccc(OCCN3CCOCC3)c2)c1. The van der Waals surface area contributed by atoms with Gasteiger partial charge >= 0.3 is 0 Å². The number of ether oxygens (including phenoxy) is 2. The quantitative estimate of drug-likeness (QED) is 0.845. The van der Waals surface area contributed by atoms with Gasteiger partial charge in [-0.15, -0.1) is 0 Å². The fourth-order valence-electron chi connectivity index (χ4n) is 2.42. The van der Waals surface area contributed by atoms with E-state index in [2.05, 4.69) is 28.1 Å². The molecule has 21 heavy (non-hydrogen) atoms. The first-order valence-corrected chi connectivity index (χ1v) is 7.35. The summed E-state index contributed by atoms with van der Waals surface area (Å²) < 4.78 is 11.2. The minimum absolute atomic E-state index is 0.705. The Morgan fingerprint density at radius 3 is 2.76 bits per heavy atom. The van der Waals surface area contributed by atoms with Gasteiger partial charge in [0.15, 0.2) is 0 Å². The number of pyridine rings is 1. The van der Waals surface area contributed by atoms with E-state index in [1.54, 1.807) is 6.20 Å². The first kappa shape index (κ1) is 14.0. The molecular weight excluding hydrogens is 264 g/mol. The van der Waals surface area contributed by atoms with E-state index >= 15 is 0 Å². The Morgan fingerprint density at radius 2 is 1.95 bits per heavy atom. The van der Waals surface area contributed by atoms with Crippen molar-refractivity contribution >= 4 is 0 Å². The molecule has 2 aromatic rings. The van der Waals surface area contributed by atoms with Gasteiger partial charge in [-0.3, -0.25) is 9.88 Å². The van der Waals surface area contributed by atoms with Crippen molar-refractivity contribution in [3.8, 4) is 16.9 Å². The van der Waals surface area contributed by atoms with E-state index in [1.807, 2.05) is 24.4 Å². The van der Waals surface area contributed by atoms with Gasteiger partial charge < -0.3 is 9.47 Å². The third-order valence-electron chi connectivity index (χ3n) is 3.61. The van der Waals surface area contributed by atoms with Crippen LogP contribution in [0.25, 0.3) is 11.1 Å². The molecule has 1 saturated heterocycles. The average molecular weight is 284 g/mol. The van der Waals surface area contributed by atoms with E-state index in [9.17, 15) is 0 Å². The Hall–Kier alpha value is -1.91. The summed E-state index contributed by atoms with van der Waals surface area (Å²) in [5.74, 6) is 0.907. The number of aromatic nitrogens is 1. The maximum Gasteiger partial charge on any atom is 0.119 e. The van der Waals surface area contributed by atoms with Crippen LogP contribution in [0.4, 0.5) is 0 Å². The molecule has 0 bridgehead atoms. The van der Waals surface area contributed by atoms with Crippen LogP contribution in [0.5, 0.6) is 5.75 Å². The van der Waals surface area contributed by atoms with E-state index in [0.717, 1.165) is 49.7 Å². The van der Waals surface area contributed by atoms with Gasteiger partial charge in [0.05, 0.1) is 13.2 Å². The molecule has 1 aromatic heterocycles. The molecule has 1 aromatic carbocycles. The summed E-state index contributed by atoms with van der Waals surface area (Å²) in [6.07, 6.45) is 3.65. The van der Waals surface area contributed by atoms with Gasteiger partial charge in [-0.2, -0.15) is 0 Å². The molecule has 1 fully saturated rings. The highest BCUT2D eigenvalue weighted by Gasteiger charge is 2.09. The second-order valence-corrected chi connectivity index (χ2v) is 5.07. The van der Waals surface area contributed by atoms with Crippen molar-refractivity contribution in [2.24, 2.45) is 0 Å². The lowest BCUT2D eigenvalue weighted by Gasteiger charge is -2.26. The Labute approximate surface area is 125 Å². The van der Waals surface area contributed by atoms with Crippen LogP contribution in [0.3, 0.4) is 0 Å². The number of rotatable bonds is 5. The maximum absolute atomic E-state index is 5.87. The van der Waals surface area contributed by atoms with E-state index in [0.29, 0.717) is 6.61 Å². The normalized spacial score (nSPS) is 15.8. The lowest BCUT2D eigenvalue weighted by Crippen LogP contribution is -2.38. The summed E-state index contributed by atoms with van der Waals surface area (Å²) in [6, 6.07) is 12.2. The number of morpholine rings is 1.